The first-order valence-corrected chi connectivity index (χ1v) is 9.95. The van der Waals surface area contributed by atoms with Crippen LogP contribution in [0.15, 0.2) is 35.1 Å². The van der Waals surface area contributed by atoms with Crippen LogP contribution in [-0.2, 0) is 4.79 Å². The molecule has 0 saturated carbocycles. The molecule has 4 rings (SSSR count). The predicted molar refractivity (Wildman–Crippen MR) is 108 cm³/mol. The predicted octanol–water partition coefficient (Wildman–Crippen LogP) is 4.42. The number of aliphatic carboxylic acids is 1. The lowest BCUT2D eigenvalue weighted by molar-refractivity contribution is -0.138. The number of anilines is 1. The van der Waals surface area contributed by atoms with E-state index in [1.807, 2.05) is 4.90 Å². The van der Waals surface area contributed by atoms with E-state index >= 15 is 0 Å². The molecule has 0 atom stereocenters. The Morgan fingerprint density at radius 3 is 2.69 bits per heavy atom. The van der Waals surface area contributed by atoms with Gasteiger partial charge in [0.05, 0.1) is 20.9 Å². The summed E-state index contributed by atoms with van der Waals surface area (Å²) in [7, 11) is 0. The van der Waals surface area contributed by atoms with Crippen LogP contribution in [0.25, 0.3) is 22.3 Å². The summed E-state index contributed by atoms with van der Waals surface area (Å²) >= 11 is 2.98. The Bertz CT molecular complexity index is 1090. The first kappa shape index (κ1) is 19.6. The Morgan fingerprint density at radius 2 is 1.97 bits per heavy atom. The smallest absolute Gasteiger partial charge is 0.303 e. The number of carboxylic acid groups (broad SMARTS) is 1. The normalized spacial score (nSPS) is 15.1. The quantitative estimate of drug-likeness (QED) is 0.578. The average molecular weight is 463 g/mol. The minimum absolute atomic E-state index is 0.0218. The first-order valence-electron chi connectivity index (χ1n) is 9.16. The van der Waals surface area contributed by atoms with Crippen molar-refractivity contribution < 1.29 is 18.7 Å². The molecule has 29 heavy (non-hydrogen) atoms. The number of rotatable bonds is 4. The van der Waals surface area contributed by atoms with Gasteiger partial charge in [0.15, 0.2) is 5.82 Å². The molecule has 1 aliphatic rings. The zero-order chi connectivity index (χ0) is 20.5. The zero-order valence-electron chi connectivity index (χ0n) is 15.3. The molecular weight excluding hydrogens is 446 g/mol. The Kier molecular flexibility index (Phi) is 5.40. The van der Waals surface area contributed by atoms with Gasteiger partial charge in [-0.2, -0.15) is 0 Å². The molecule has 0 unspecified atom stereocenters. The molecule has 6 nitrogen and oxygen atoms in total. The topological polar surface area (TPSA) is 79.2 Å². The van der Waals surface area contributed by atoms with Crippen molar-refractivity contribution in [2.45, 2.75) is 19.3 Å². The van der Waals surface area contributed by atoms with Gasteiger partial charge in [0.25, 0.3) is 0 Å². The molecule has 2 aromatic heterocycles. The lowest BCUT2D eigenvalue weighted by Gasteiger charge is -2.33. The number of halogens is 3. The van der Waals surface area contributed by atoms with Crippen LogP contribution in [0.1, 0.15) is 19.3 Å². The highest BCUT2D eigenvalue weighted by Crippen LogP contribution is 2.32. The number of hydrogen-bond acceptors (Lipinski definition) is 5. The summed E-state index contributed by atoms with van der Waals surface area (Å²) in [6, 6.07) is 3.83. The van der Waals surface area contributed by atoms with Gasteiger partial charge in [0.2, 0.25) is 0 Å². The fraction of sp³-hybridized carbons (Fsp3) is 0.300. The monoisotopic (exact) mass is 462 g/mol. The molecule has 3 aromatic rings. The van der Waals surface area contributed by atoms with Crippen molar-refractivity contribution >= 4 is 38.6 Å². The molecular formula is C20H17BrF2N4O2. The van der Waals surface area contributed by atoms with E-state index in [0.717, 1.165) is 12.1 Å². The second kappa shape index (κ2) is 7.98. The molecule has 1 N–H and O–H groups in total. The summed E-state index contributed by atoms with van der Waals surface area (Å²) in [5.74, 6) is -1.22. The highest BCUT2D eigenvalue weighted by Gasteiger charge is 2.25. The molecule has 9 heteroatoms. The summed E-state index contributed by atoms with van der Waals surface area (Å²) in [5.41, 5.74) is 0.557. The van der Waals surface area contributed by atoms with E-state index in [4.69, 9.17) is 5.11 Å². The van der Waals surface area contributed by atoms with Crippen LogP contribution in [0.3, 0.4) is 0 Å². The van der Waals surface area contributed by atoms with Gasteiger partial charge in [-0.05, 0) is 52.9 Å². The van der Waals surface area contributed by atoms with E-state index in [-0.39, 0.29) is 28.2 Å². The Morgan fingerprint density at radius 1 is 1.21 bits per heavy atom. The van der Waals surface area contributed by atoms with Crippen LogP contribution >= 0.6 is 15.9 Å². The molecule has 1 aromatic carbocycles. The summed E-state index contributed by atoms with van der Waals surface area (Å²) in [5, 5.41) is 9.72. The summed E-state index contributed by atoms with van der Waals surface area (Å²) < 4.78 is 28.6. The highest BCUT2D eigenvalue weighted by atomic mass is 79.9. The Labute approximate surface area is 173 Å². The van der Waals surface area contributed by atoms with Gasteiger partial charge >= 0.3 is 5.97 Å². The van der Waals surface area contributed by atoms with Crippen molar-refractivity contribution in [2.24, 2.45) is 5.92 Å². The number of nitrogens with zero attached hydrogens (tertiary/aromatic N) is 4. The van der Waals surface area contributed by atoms with Gasteiger partial charge in [-0.3, -0.25) is 9.78 Å². The summed E-state index contributed by atoms with van der Waals surface area (Å²) in [4.78, 5) is 26.1. The van der Waals surface area contributed by atoms with E-state index in [2.05, 4.69) is 30.9 Å². The van der Waals surface area contributed by atoms with Crippen molar-refractivity contribution in [3.8, 4) is 11.4 Å². The number of carboxylic acids is 1. The first-order chi connectivity index (χ1) is 13.9. The second-order valence-electron chi connectivity index (χ2n) is 7.04. The number of hydrogen-bond donors (Lipinski definition) is 1. The van der Waals surface area contributed by atoms with Crippen LogP contribution in [0.2, 0.25) is 0 Å². The Balaban J connectivity index is 1.75. The molecule has 1 aliphatic heterocycles. The maximum Gasteiger partial charge on any atom is 0.303 e. The molecule has 150 valence electrons. The lowest BCUT2D eigenvalue weighted by atomic mass is 9.93. The minimum atomic E-state index is -0.796. The number of carbonyl (C=O) groups is 1. The SMILES string of the molecule is O=C(O)CC1CCN(c2nc(-c3cc(F)c(Br)cc3F)nc3ccncc23)CC1. The molecule has 0 spiro atoms. The molecule has 0 amide bonds. The molecule has 1 saturated heterocycles. The van der Waals surface area contributed by atoms with Crippen molar-refractivity contribution in [1.29, 1.82) is 0 Å². The number of piperidine rings is 1. The van der Waals surface area contributed by atoms with Gasteiger partial charge in [0.1, 0.15) is 17.5 Å². The fourth-order valence-electron chi connectivity index (χ4n) is 3.61. The van der Waals surface area contributed by atoms with Crippen LogP contribution in [0.5, 0.6) is 0 Å². The van der Waals surface area contributed by atoms with E-state index in [9.17, 15) is 13.6 Å². The maximum absolute atomic E-state index is 14.5. The van der Waals surface area contributed by atoms with Gasteiger partial charge in [-0.25, -0.2) is 18.7 Å². The zero-order valence-corrected chi connectivity index (χ0v) is 16.9. The number of benzene rings is 1. The standard InChI is InChI=1S/C20H17BrF2N4O2/c21-14-9-15(22)12(8-16(14)23)19-25-17-1-4-24-10-13(17)20(26-19)27-5-2-11(3-6-27)7-18(28)29/h1,4,8-11H,2-3,5-7H2,(H,28,29). The summed E-state index contributed by atoms with van der Waals surface area (Å²) in [6.07, 6.45) is 4.81. The van der Waals surface area contributed by atoms with Crippen LogP contribution in [-0.4, -0.2) is 39.1 Å². The molecule has 0 aliphatic carbocycles. The fourth-order valence-corrected chi connectivity index (χ4v) is 3.92. The molecule has 3 heterocycles. The van der Waals surface area contributed by atoms with E-state index < -0.39 is 17.6 Å². The number of pyridine rings is 1. The largest absolute Gasteiger partial charge is 0.481 e. The van der Waals surface area contributed by atoms with Gasteiger partial charge in [-0.15, -0.1) is 0 Å². The van der Waals surface area contributed by atoms with Gasteiger partial charge in [-0.1, -0.05) is 0 Å². The van der Waals surface area contributed by atoms with E-state index in [1.165, 1.54) is 0 Å². The lowest BCUT2D eigenvalue weighted by Crippen LogP contribution is -2.35. The number of aromatic nitrogens is 3. The Hall–Kier alpha value is -2.68. The maximum atomic E-state index is 14.5. The third-order valence-electron chi connectivity index (χ3n) is 5.11. The van der Waals surface area contributed by atoms with Crippen molar-refractivity contribution in [2.75, 3.05) is 18.0 Å². The van der Waals surface area contributed by atoms with E-state index in [1.54, 1.807) is 18.5 Å². The van der Waals surface area contributed by atoms with Crippen LogP contribution in [0, 0.1) is 17.6 Å². The second-order valence-corrected chi connectivity index (χ2v) is 7.89. The van der Waals surface area contributed by atoms with Crippen LogP contribution < -0.4 is 4.90 Å². The number of fused-ring (bicyclic) bond motifs is 1. The minimum Gasteiger partial charge on any atom is -0.481 e. The molecule has 1 fully saturated rings. The van der Waals surface area contributed by atoms with Crippen molar-refractivity contribution in [3.63, 3.8) is 0 Å². The van der Waals surface area contributed by atoms with E-state index in [0.29, 0.717) is 42.7 Å². The molecule has 0 radical (unpaired) electrons. The van der Waals surface area contributed by atoms with Gasteiger partial charge < -0.3 is 10.0 Å². The van der Waals surface area contributed by atoms with Crippen LogP contribution in [0.4, 0.5) is 14.6 Å². The third-order valence-corrected chi connectivity index (χ3v) is 5.71. The summed E-state index contributed by atoms with van der Waals surface area (Å²) in [6.45, 7) is 1.24. The molecule has 0 bridgehead atoms. The van der Waals surface area contributed by atoms with Crippen molar-refractivity contribution in [1.82, 2.24) is 15.0 Å². The average Bonchev–Trinajstić information content (AvgIpc) is 2.70. The van der Waals surface area contributed by atoms with Crippen molar-refractivity contribution in [3.05, 3.63) is 46.7 Å². The third kappa shape index (κ3) is 4.05. The highest BCUT2D eigenvalue weighted by molar-refractivity contribution is 9.10. The van der Waals surface area contributed by atoms with Gasteiger partial charge in [0, 0.05) is 31.9 Å².